The highest BCUT2D eigenvalue weighted by atomic mass is 16.5. The number of rotatable bonds is 4. The van der Waals surface area contributed by atoms with Crippen molar-refractivity contribution in [3.05, 3.63) is 35.7 Å². The van der Waals surface area contributed by atoms with Crippen LogP contribution in [0.25, 0.3) is 0 Å². The van der Waals surface area contributed by atoms with E-state index in [1.807, 2.05) is 30.3 Å². The second kappa shape index (κ2) is 6.45. The Morgan fingerprint density at radius 3 is 2.91 bits per heavy atom. The predicted octanol–water partition coefficient (Wildman–Crippen LogP) is 2.45. The highest BCUT2D eigenvalue weighted by Crippen LogP contribution is 2.28. The Labute approximate surface area is 137 Å². The van der Waals surface area contributed by atoms with Gasteiger partial charge in [-0.2, -0.15) is 5.10 Å². The van der Waals surface area contributed by atoms with Crippen LogP contribution >= 0.6 is 0 Å². The first-order valence-corrected chi connectivity index (χ1v) is 8.29. The van der Waals surface area contributed by atoms with Gasteiger partial charge in [0.25, 0.3) is 0 Å². The van der Waals surface area contributed by atoms with Crippen molar-refractivity contribution >= 4 is 0 Å². The summed E-state index contributed by atoms with van der Waals surface area (Å²) in [6.07, 6.45) is 7.81. The van der Waals surface area contributed by atoms with Gasteiger partial charge >= 0.3 is 0 Å². The third kappa shape index (κ3) is 3.64. The summed E-state index contributed by atoms with van der Waals surface area (Å²) in [4.78, 5) is 4.20. The molecule has 1 fully saturated rings. The van der Waals surface area contributed by atoms with Gasteiger partial charge in [0.15, 0.2) is 0 Å². The third-order valence-corrected chi connectivity index (χ3v) is 4.52. The fourth-order valence-electron chi connectivity index (χ4n) is 3.21. The molecule has 0 bridgehead atoms. The lowest BCUT2D eigenvalue weighted by atomic mass is 9.89. The third-order valence-electron chi connectivity index (χ3n) is 4.52. The van der Waals surface area contributed by atoms with Crippen molar-refractivity contribution in [2.24, 2.45) is 7.05 Å². The van der Waals surface area contributed by atoms with Crippen molar-refractivity contribution < 1.29 is 4.74 Å². The number of ether oxygens (including phenoxy) is 1. The van der Waals surface area contributed by atoms with Gasteiger partial charge in [-0.1, -0.05) is 20.8 Å². The number of H-pyrrole nitrogens is 1. The molecule has 0 aromatic carbocycles. The molecule has 23 heavy (non-hydrogen) atoms. The van der Waals surface area contributed by atoms with Gasteiger partial charge in [0.05, 0.1) is 24.4 Å². The Hall–Kier alpha value is -1.66. The SMILES string of the molecule is Cn1cncc1[C@@H]1C[C@H](NCc2cn[nH]c2C(C)(C)C)CCO1. The minimum absolute atomic E-state index is 0.0838. The standard InChI is InChI=1S/C17H27N5O/c1-17(2,3)16-12(9-20-21-16)8-19-13-5-6-23-15(7-13)14-10-18-11-22(14)4/h9-11,13,15,19H,5-8H2,1-4H3,(H,20,21)/t13-,15+/m1/s1. The molecule has 2 N–H and O–H groups in total. The number of nitrogens with one attached hydrogen (secondary N) is 2. The summed E-state index contributed by atoms with van der Waals surface area (Å²) in [5.74, 6) is 0. The van der Waals surface area contributed by atoms with E-state index >= 15 is 0 Å². The van der Waals surface area contributed by atoms with Gasteiger partial charge < -0.3 is 14.6 Å². The van der Waals surface area contributed by atoms with E-state index < -0.39 is 0 Å². The van der Waals surface area contributed by atoms with E-state index in [0.29, 0.717) is 6.04 Å². The molecular formula is C17H27N5O. The van der Waals surface area contributed by atoms with Crippen LogP contribution in [0.5, 0.6) is 0 Å². The van der Waals surface area contributed by atoms with Gasteiger partial charge in [-0.3, -0.25) is 5.10 Å². The summed E-state index contributed by atoms with van der Waals surface area (Å²) in [6.45, 7) is 8.24. The van der Waals surface area contributed by atoms with Crippen LogP contribution in [-0.2, 0) is 23.7 Å². The molecule has 0 radical (unpaired) electrons. The first kappa shape index (κ1) is 16.2. The number of aromatic nitrogens is 4. The molecule has 0 aliphatic carbocycles. The second-order valence-electron chi connectivity index (χ2n) is 7.41. The molecule has 0 spiro atoms. The quantitative estimate of drug-likeness (QED) is 0.909. The van der Waals surface area contributed by atoms with E-state index in [1.165, 1.54) is 11.3 Å². The van der Waals surface area contributed by atoms with Crippen molar-refractivity contribution in [1.82, 2.24) is 25.1 Å². The highest BCUT2D eigenvalue weighted by Gasteiger charge is 2.26. The lowest BCUT2D eigenvalue weighted by molar-refractivity contribution is -0.00406. The fraction of sp³-hybridized carbons (Fsp3) is 0.647. The minimum atomic E-state index is 0.0838. The molecule has 2 aromatic heterocycles. The first-order valence-electron chi connectivity index (χ1n) is 8.29. The number of imidazole rings is 1. The van der Waals surface area contributed by atoms with Crippen molar-refractivity contribution in [2.45, 2.75) is 57.7 Å². The Kier molecular flexibility index (Phi) is 4.55. The van der Waals surface area contributed by atoms with E-state index in [1.54, 1.807) is 0 Å². The molecule has 126 valence electrons. The molecule has 6 heteroatoms. The summed E-state index contributed by atoms with van der Waals surface area (Å²) in [6, 6.07) is 0.450. The maximum atomic E-state index is 5.93. The number of hydrogen-bond acceptors (Lipinski definition) is 4. The molecule has 3 heterocycles. The van der Waals surface area contributed by atoms with Gasteiger partial charge in [-0.15, -0.1) is 0 Å². The van der Waals surface area contributed by atoms with Crippen molar-refractivity contribution in [3.8, 4) is 0 Å². The molecule has 0 saturated carbocycles. The zero-order valence-electron chi connectivity index (χ0n) is 14.5. The fourth-order valence-corrected chi connectivity index (χ4v) is 3.21. The zero-order valence-corrected chi connectivity index (χ0v) is 14.5. The molecule has 0 unspecified atom stereocenters. The smallest absolute Gasteiger partial charge is 0.100 e. The Morgan fingerprint density at radius 1 is 1.39 bits per heavy atom. The number of hydrogen-bond donors (Lipinski definition) is 2. The minimum Gasteiger partial charge on any atom is -0.372 e. The molecule has 1 saturated heterocycles. The summed E-state index contributed by atoms with van der Waals surface area (Å²) in [5, 5.41) is 11.0. The Bertz CT molecular complexity index is 639. The largest absolute Gasteiger partial charge is 0.372 e. The molecule has 1 aliphatic rings. The van der Waals surface area contributed by atoms with Gasteiger partial charge in [0, 0.05) is 42.9 Å². The summed E-state index contributed by atoms with van der Waals surface area (Å²) >= 11 is 0. The highest BCUT2D eigenvalue weighted by molar-refractivity contribution is 5.23. The van der Waals surface area contributed by atoms with Crippen LogP contribution in [0.3, 0.4) is 0 Å². The number of nitrogens with zero attached hydrogens (tertiary/aromatic N) is 3. The predicted molar refractivity (Wildman–Crippen MR) is 89.1 cm³/mol. The molecule has 0 amide bonds. The average Bonchev–Trinajstić information content (AvgIpc) is 3.13. The summed E-state index contributed by atoms with van der Waals surface area (Å²) < 4.78 is 7.97. The van der Waals surface area contributed by atoms with Crippen LogP contribution in [0.4, 0.5) is 0 Å². The van der Waals surface area contributed by atoms with E-state index in [9.17, 15) is 0 Å². The van der Waals surface area contributed by atoms with Gasteiger partial charge in [-0.05, 0) is 12.8 Å². The van der Waals surface area contributed by atoms with Gasteiger partial charge in [0.1, 0.15) is 6.10 Å². The van der Waals surface area contributed by atoms with Crippen molar-refractivity contribution in [2.75, 3.05) is 6.61 Å². The molecule has 2 aromatic rings. The van der Waals surface area contributed by atoms with E-state index in [-0.39, 0.29) is 11.5 Å². The van der Waals surface area contributed by atoms with E-state index in [4.69, 9.17) is 4.74 Å². The maximum Gasteiger partial charge on any atom is 0.100 e. The van der Waals surface area contributed by atoms with Crippen LogP contribution in [0, 0.1) is 0 Å². The van der Waals surface area contributed by atoms with E-state index in [2.05, 4.69) is 41.3 Å². The van der Waals surface area contributed by atoms with Crippen LogP contribution in [0.2, 0.25) is 0 Å². The molecular weight excluding hydrogens is 290 g/mol. The lowest BCUT2D eigenvalue weighted by Crippen LogP contribution is -2.36. The van der Waals surface area contributed by atoms with Crippen LogP contribution in [0.15, 0.2) is 18.7 Å². The molecule has 2 atom stereocenters. The average molecular weight is 317 g/mol. The number of aromatic amines is 1. The van der Waals surface area contributed by atoms with Crippen LogP contribution in [0.1, 0.15) is 56.7 Å². The van der Waals surface area contributed by atoms with Crippen molar-refractivity contribution in [1.29, 1.82) is 0 Å². The van der Waals surface area contributed by atoms with Gasteiger partial charge in [0.2, 0.25) is 0 Å². The van der Waals surface area contributed by atoms with Crippen LogP contribution in [-0.4, -0.2) is 32.4 Å². The normalized spacial score (nSPS) is 22.4. The molecule has 1 aliphatic heterocycles. The Morgan fingerprint density at radius 2 is 2.22 bits per heavy atom. The Balaban J connectivity index is 1.61. The second-order valence-corrected chi connectivity index (χ2v) is 7.41. The van der Waals surface area contributed by atoms with Gasteiger partial charge in [-0.25, -0.2) is 4.98 Å². The summed E-state index contributed by atoms with van der Waals surface area (Å²) in [5.41, 5.74) is 3.69. The maximum absolute atomic E-state index is 5.93. The van der Waals surface area contributed by atoms with E-state index in [0.717, 1.165) is 31.7 Å². The number of aryl methyl sites for hydroxylation is 1. The monoisotopic (exact) mass is 317 g/mol. The first-order chi connectivity index (χ1) is 10.9. The van der Waals surface area contributed by atoms with Crippen molar-refractivity contribution in [3.63, 3.8) is 0 Å². The molecule has 3 rings (SSSR count). The van der Waals surface area contributed by atoms with Crippen LogP contribution < -0.4 is 5.32 Å². The topological polar surface area (TPSA) is 67.8 Å². The lowest BCUT2D eigenvalue weighted by Gasteiger charge is -2.30. The zero-order chi connectivity index (χ0) is 16.4. The summed E-state index contributed by atoms with van der Waals surface area (Å²) in [7, 11) is 2.02. The molecule has 6 nitrogen and oxygen atoms in total.